The minimum absolute atomic E-state index is 0.0521. The van der Waals surface area contributed by atoms with E-state index in [2.05, 4.69) is 51.4 Å². The van der Waals surface area contributed by atoms with Gasteiger partial charge in [-0.3, -0.25) is 13.9 Å². The highest BCUT2D eigenvalue weighted by molar-refractivity contribution is 14.1. The Morgan fingerprint density at radius 2 is 1.74 bits per heavy atom. The topological polar surface area (TPSA) is 61.8 Å². The molecule has 3 aromatic rings. The second-order valence-corrected chi connectivity index (χ2v) is 11.9. The highest BCUT2D eigenvalue weighted by atomic mass is 127. The zero-order chi connectivity index (χ0) is 23.4. The van der Waals surface area contributed by atoms with Crippen molar-refractivity contribution in [1.82, 2.24) is 18.7 Å². The van der Waals surface area contributed by atoms with Crippen LogP contribution in [0.1, 0.15) is 63.3 Å². The van der Waals surface area contributed by atoms with E-state index in [0.717, 1.165) is 40.8 Å². The molecule has 0 spiro atoms. The Balaban J connectivity index is 1.62. The van der Waals surface area contributed by atoms with Crippen LogP contribution in [0.25, 0.3) is 11.2 Å². The minimum Gasteiger partial charge on any atom is -0.317 e. The molecule has 2 atom stereocenters. The van der Waals surface area contributed by atoms with Gasteiger partial charge in [-0.2, -0.15) is 0 Å². The molecular formula is C27H33IN4O2. The number of aryl methyl sites for hydroxylation is 1. The first-order valence-corrected chi connectivity index (χ1v) is 14.4. The van der Waals surface area contributed by atoms with Crippen molar-refractivity contribution in [1.29, 1.82) is 0 Å². The van der Waals surface area contributed by atoms with Gasteiger partial charge in [0.25, 0.3) is 5.56 Å². The summed E-state index contributed by atoms with van der Waals surface area (Å²) in [6.07, 6.45) is 7.93. The number of hydrogen-bond acceptors (Lipinski definition) is 3. The van der Waals surface area contributed by atoms with Crippen molar-refractivity contribution in [2.75, 3.05) is 4.43 Å². The van der Waals surface area contributed by atoms with Gasteiger partial charge in [-0.05, 0) is 68.3 Å². The summed E-state index contributed by atoms with van der Waals surface area (Å²) < 4.78 is 6.43. The maximum Gasteiger partial charge on any atom is 0.332 e. The molecule has 4 fully saturated rings. The summed E-state index contributed by atoms with van der Waals surface area (Å²) in [6, 6.07) is 10.4. The first-order chi connectivity index (χ1) is 16.5. The van der Waals surface area contributed by atoms with Crippen molar-refractivity contribution in [3.05, 3.63) is 62.6 Å². The van der Waals surface area contributed by atoms with Crippen LogP contribution in [-0.4, -0.2) is 23.1 Å². The van der Waals surface area contributed by atoms with E-state index >= 15 is 0 Å². The summed E-state index contributed by atoms with van der Waals surface area (Å²) in [7, 11) is 0. The van der Waals surface area contributed by atoms with Crippen molar-refractivity contribution < 1.29 is 0 Å². The third-order valence-electron chi connectivity index (χ3n) is 8.66. The molecule has 0 aliphatic heterocycles. The quantitative estimate of drug-likeness (QED) is 0.290. The largest absolute Gasteiger partial charge is 0.332 e. The normalized spacial score (nSPS) is 27.3. The molecule has 6 nitrogen and oxygen atoms in total. The number of nitrogens with zero attached hydrogens (tertiary/aromatic N) is 4. The standard InChI is InChI=1S/C27H33IN4O2/c1-2-10-31-24(33)22-23(30(26(31)34)11-6-9-28)29-25(32(22)17-18-7-4-3-5-8-18)27-14-19-12-20(15-27)21(13-19)16-27/h3-5,7-8,19-21H,2,6,9-17H2,1H3. The molecule has 4 bridgehead atoms. The fourth-order valence-electron chi connectivity index (χ4n) is 7.54. The van der Waals surface area contributed by atoms with Crippen LogP contribution in [-0.2, 0) is 25.0 Å². The Bertz CT molecular complexity index is 1320. The van der Waals surface area contributed by atoms with Crippen LogP contribution in [0.4, 0.5) is 0 Å². The zero-order valence-corrected chi connectivity index (χ0v) is 22.0. The van der Waals surface area contributed by atoms with Gasteiger partial charge in [-0.25, -0.2) is 9.78 Å². The second kappa shape index (κ2) is 8.64. The number of imidazole rings is 1. The molecule has 2 heterocycles. The van der Waals surface area contributed by atoms with Gasteiger partial charge in [-0.1, -0.05) is 59.8 Å². The van der Waals surface area contributed by atoms with Crippen molar-refractivity contribution in [2.45, 2.75) is 76.9 Å². The maximum atomic E-state index is 13.8. The Morgan fingerprint density at radius 3 is 2.38 bits per heavy atom. The van der Waals surface area contributed by atoms with E-state index in [1.807, 2.05) is 13.0 Å². The molecule has 2 unspecified atom stereocenters. The van der Waals surface area contributed by atoms with Crippen LogP contribution in [0.15, 0.2) is 39.9 Å². The van der Waals surface area contributed by atoms with Crippen LogP contribution in [0.3, 0.4) is 0 Å². The van der Waals surface area contributed by atoms with E-state index in [1.54, 1.807) is 4.57 Å². The first-order valence-electron chi connectivity index (χ1n) is 12.9. The van der Waals surface area contributed by atoms with Gasteiger partial charge in [0.2, 0.25) is 0 Å². The van der Waals surface area contributed by atoms with Crippen molar-refractivity contribution >= 4 is 33.8 Å². The van der Waals surface area contributed by atoms with E-state index in [1.165, 1.54) is 42.2 Å². The second-order valence-electron chi connectivity index (χ2n) is 10.9. The summed E-state index contributed by atoms with van der Waals surface area (Å²) in [5.74, 6) is 3.47. The molecule has 180 valence electrons. The van der Waals surface area contributed by atoms with Gasteiger partial charge in [0.15, 0.2) is 11.2 Å². The summed E-state index contributed by atoms with van der Waals surface area (Å²) in [6.45, 7) is 3.69. The third-order valence-corrected chi connectivity index (χ3v) is 9.42. The van der Waals surface area contributed by atoms with Gasteiger partial charge in [0.1, 0.15) is 5.82 Å². The van der Waals surface area contributed by atoms with E-state index in [-0.39, 0.29) is 16.7 Å². The SMILES string of the molecule is CCCn1c(=O)c2c(nc(C34CC5CC(C3)C(C5)C4)n2Cc2ccccc2)n(CCCI)c1=O. The molecule has 0 amide bonds. The van der Waals surface area contributed by atoms with Crippen LogP contribution in [0.2, 0.25) is 0 Å². The Hall–Kier alpha value is -1.90. The molecule has 0 saturated heterocycles. The summed E-state index contributed by atoms with van der Waals surface area (Å²) in [5.41, 5.74) is 2.08. The molecule has 4 saturated carbocycles. The van der Waals surface area contributed by atoms with Crippen molar-refractivity contribution in [3.63, 3.8) is 0 Å². The highest BCUT2D eigenvalue weighted by Crippen LogP contribution is 2.64. The molecule has 4 aliphatic carbocycles. The fraction of sp³-hybridized carbons (Fsp3) is 0.593. The summed E-state index contributed by atoms with van der Waals surface area (Å²) in [4.78, 5) is 32.5. The first kappa shape index (κ1) is 22.6. The summed E-state index contributed by atoms with van der Waals surface area (Å²) in [5, 5.41) is 0. The maximum absolute atomic E-state index is 13.8. The average Bonchev–Trinajstić information content (AvgIpc) is 3.43. The molecule has 7 rings (SSSR count). The van der Waals surface area contributed by atoms with Crippen LogP contribution in [0.5, 0.6) is 0 Å². The smallest absolute Gasteiger partial charge is 0.317 e. The Labute approximate surface area is 213 Å². The van der Waals surface area contributed by atoms with E-state index in [4.69, 9.17) is 4.98 Å². The number of fused-ring (bicyclic) bond motifs is 1. The van der Waals surface area contributed by atoms with Crippen LogP contribution >= 0.6 is 22.6 Å². The highest BCUT2D eigenvalue weighted by Gasteiger charge is 2.58. The number of benzene rings is 1. The fourth-order valence-corrected chi connectivity index (χ4v) is 7.88. The molecule has 0 N–H and O–H groups in total. The van der Waals surface area contributed by atoms with E-state index in [0.29, 0.717) is 30.8 Å². The lowest BCUT2D eigenvalue weighted by atomic mass is 9.69. The monoisotopic (exact) mass is 572 g/mol. The number of rotatable bonds is 8. The Morgan fingerprint density at radius 1 is 1.00 bits per heavy atom. The lowest BCUT2D eigenvalue weighted by Gasteiger charge is -2.38. The van der Waals surface area contributed by atoms with E-state index in [9.17, 15) is 9.59 Å². The van der Waals surface area contributed by atoms with Gasteiger partial charge in [0, 0.05) is 29.5 Å². The average molecular weight is 572 g/mol. The number of aromatic nitrogens is 4. The molecule has 34 heavy (non-hydrogen) atoms. The zero-order valence-electron chi connectivity index (χ0n) is 19.9. The van der Waals surface area contributed by atoms with Gasteiger partial charge >= 0.3 is 5.69 Å². The molecular weight excluding hydrogens is 539 g/mol. The molecule has 7 heteroatoms. The lowest BCUT2D eigenvalue weighted by Crippen LogP contribution is -2.41. The van der Waals surface area contributed by atoms with Crippen molar-refractivity contribution in [2.24, 2.45) is 17.8 Å². The molecule has 4 aliphatic rings. The summed E-state index contributed by atoms with van der Waals surface area (Å²) >= 11 is 2.36. The molecule has 2 aromatic heterocycles. The molecule has 0 radical (unpaired) electrons. The molecule has 1 aromatic carbocycles. The van der Waals surface area contributed by atoms with Gasteiger partial charge in [0.05, 0.1) is 0 Å². The lowest BCUT2D eigenvalue weighted by molar-refractivity contribution is 0.214. The van der Waals surface area contributed by atoms with Gasteiger partial charge in [-0.15, -0.1) is 0 Å². The van der Waals surface area contributed by atoms with Crippen molar-refractivity contribution in [3.8, 4) is 0 Å². The number of halogens is 1. The van der Waals surface area contributed by atoms with Crippen LogP contribution in [0, 0.1) is 17.8 Å². The Kier molecular flexibility index (Phi) is 5.73. The predicted octanol–water partition coefficient (Wildman–Crippen LogP) is 4.72. The number of alkyl halides is 1. The van der Waals surface area contributed by atoms with Gasteiger partial charge < -0.3 is 4.57 Å². The predicted molar refractivity (Wildman–Crippen MR) is 143 cm³/mol. The third kappa shape index (κ3) is 3.44. The minimum atomic E-state index is -0.201. The van der Waals surface area contributed by atoms with Crippen LogP contribution < -0.4 is 11.2 Å². The van der Waals surface area contributed by atoms with E-state index < -0.39 is 0 Å². The number of hydrogen-bond donors (Lipinski definition) is 0.